The molecule has 144 valence electrons. The van der Waals surface area contributed by atoms with E-state index in [0.717, 1.165) is 45.2 Å². The quantitative estimate of drug-likeness (QED) is 0.249. The molecule has 1 aliphatic heterocycles. The van der Waals surface area contributed by atoms with E-state index in [1.54, 1.807) is 0 Å². The molecule has 1 aromatic heterocycles. The predicted octanol–water partition coefficient (Wildman–Crippen LogP) is 5.51. The third-order valence-corrected chi connectivity index (χ3v) is 5.98. The van der Waals surface area contributed by atoms with Crippen molar-refractivity contribution in [3.8, 4) is 5.75 Å². The van der Waals surface area contributed by atoms with Crippen molar-refractivity contribution in [2.75, 3.05) is 6.61 Å². The molecular weight excluding hydrogens is 412 g/mol. The zero-order chi connectivity index (χ0) is 19.0. The number of fused-ring (bicyclic) bond motifs is 1. The van der Waals surface area contributed by atoms with Crippen molar-refractivity contribution in [1.82, 2.24) is 4.57 Å². The minimum Gasteiger partial charge on any atom is -0.489 e. The first kappa shape index (κ1) is 18.6. The monoisotopic (exact) mass is 434 g/mol. The SMILES string of the molecule is CCOC1OC1c1c(CN=[N+]=[N-])n(C)c2cc(Br)c(OC3CCCC3)cc12. The predicted molar refractivity (Wildman–Crippen MR) is 106 cm³/mol. The Morgan fingerprint density at radius 3 is 2.85 bits per heavy atom. The molecule has 0 spiro atoms. The van der Waals surface area contributed by atoms with Crippen LogP contribution in [0, 0.1) is 0 Å². The van der Waals surface area contributed by atoms with Crippen LogP contribution in [0.2, 0.25) is 0 Å². The minimum atomic E-state index is -0.242. The van der Waals surface area contributed by atoms with Gasteiger partial charge in [0.2, 0.25) is 0 Å². The standard InChI is InChI=1S/C19H23BrN4O3/c1-3-25-19-18(27-19)17-12-8-16(26-11-6-4-5-7-11)13(20)9-14(12)24(2)15(17)10-22-23-21/h8-9,11,18-19H,3-7,10H2,1-2H3. The number of hydrogen-bond donors (Lipinski definition) is 0. The van der Waals surface area contributed by atoms with Crippen molar-refractivity contribution in [3.63, 3.8) is 0 Å². The lowest BCUT2D eigenvalue weighted by atomic mass is 10.1. The Kier molecular flexibility index (Phi) is 5.32. The highest BCUT2D eigenvalue weighted by Crippen LogP contribution is 2.47. The van der Waals surface area contributed by atoms with Gasteiger partial charge in [0, 0.05) is 40.7 Å². The van der Waals surface area contributed by atoms with Crippen LogP contribution in [0.15, 0.2) is 21.7 Å². The van der Waals surface area contributed by atoms with Gasteiger partial charge in [-0.1, -0.05) is 5.11 Å². The number of aromatic nitrogens is 1. The average molecular weight is 435 g/mol. The molecule has 0 amide bonds. The Labute approximate surface area is 166 Å². The van der Waals surface area contributed by atoms with Crippen LogP contribution in [-0.4, -0.2) is 23.6 Å². The lowest BCUT2D eigenvalue weighted by molar-refractivity contribution is 0.0593. The number of ether oxygens (including phenoxy) is 3. The summed E-state index contributed by atoms with van der Waals surface area (Å²) in [5, 5.41) is 4.85. The molecule has 1 saturated carbocycles. The van der Waals surface area contributed by atoms with Gasteiger partial charge in [0.1, 0.15) is 11.9 Å². The molecule has 2 aromatic rings. The van der Waals surface area contributed by atoms with Crippen molar-refractivity contribution in [1.29, 1.82) is 0 Å². The highest BCUT2D eigenvalue weighted by atomic mass is 79.9. The van der Waals surface area contributed by atoms with E-state index in [0.29, 0.717) is 6.61 Å². The molecule has 27 heavy (non-hydrogen) atoms. The van der Waals surface area contributed by atoms with Gasteiger partial charge in [0.15, 0.2) is 6.29 Å². The van der Waals surface area contributed by atoms with Gasteiger partial charge in [-0.25, -0.2) is 0 Å². The van der Waals surface area contributed by atoms with Crippen LogP contribution in [0.25, 0.3) is 21.3 Å². The van der Waals surface area contributed by atoms with Crippen molar-refractivity contribution in [2.45, 2.75) is 57.6 Å². The van der Waals surface area contributed by atoms with Crippen molar-refractivity contribution < 1.29 is 14.2 Å². The Balaban J connectivity index is 1.79. The molecule has 2 unspecified atom stereocenters. The number of halogens is 1. The summed E-state index contributed by atoms with van der Waals surface area (Å²) in [4.78, 5) is 2.93. The first-order valence-electron chi connectivity index (χ1n) is 9.39. The van der Waals surface area contributed by atoms with Gasteiger partial charge in [-0.2, -0.15) is 0 Å². The van der Waals surface area contributed by atoms with E-state index in [4.69, 9.17) is 19.7 Å². The van der Waals surface area contributed by atoms with Gasteiger partial charge in [-0.05, 0) is 66.2 Å². The number of benzene rings is 1. The van der Waals surface area contributed by atoms with Crippen LogP contribution in [0.3, 0.4) is 0 Å². The normalized spacial score (nSPS) is 22.2. The molecule has 7 nitrogen and oxygen atoms in total. The highest BCUT2D eigenvalue weighted by Gasteiger charge is 2.44. The molecule has 0 N–H and O–H groups in total. The second-order valence-electron chi connectivity index (χ2n) is 7.01. The molecule has 1 aliphatic carbocycles. The minimum absolute atomic E-state index is 0.141. The fourth-order valence-corrected chi connectivity index (χ4v) is 4.42. The van der Waals surface area contributed by atoms with Crippen LogP contribution in [0.5, 0.6) is 5.75 Å². The van der Waals surface area contributed by atoms with E-state index in [2.05, 4.69) is 42.7 Å². The molecule has 1 saturated heterocycles. The van der Waals surface area contributed by atoms with E-state index >= 15 is 0 Å². The van der Waals surface area contributed by atoms with E-state index in [1.165, 1.54) is 12.8 Å². The topological polar surface area (TPSA) is 84.7 Å². The summed E-state index contributed by atoms with van der Waals surface area (Å²) in [5.74, 6) is 0.852. The summed E-state index contributed by atoms with van der Waals surface area (Å²) >= 11 is 3.66. The second-order valence-corrected chi connectivity index (χ2v) is 7.87. The van der Waals surface area contributed by atoms with Crippen LogP contribution >= 0.6 is 15.9 Å². The third-order valence-electron chi connectivity index (χ3n) is 5.36. The van der Waals surface area contributed by atoms with E-state index in [-0.39, 0.29) is 25.0 Å². The molecule has 0 radical (unpaired) electrons. The summed E-state index contributed by atoms with van der Waals surface area (Å²) in [7, 11) is 1.98. The lowest BCUT2D eigenvalue weighted by Gasteiger charge is -2.15. The van der Waals surface area contributed by atoms with Crippen LogP contribution in [0.1, 0.15) is 50.0 Å². The number of rotatable bonds is 7. The highest BCUT2D eigenvalue weighted by molar-refractivity contribution is 9.10. The molecule has 0 bridgehead atoms. The molecule has 2 aliphatic rings. The fourth-order valence-electron chi connectivity index (χ4n) is 4.00. The smallest absolute Gasteiger partial charge is 0.189 e. The summed E-state index contributed by atoms with van der Waals surface area (Å²) in [6, 6.07) is 4.15. The summed E-state index contributed by atoms with van der Waals surface area (Å²) in [6.45, 7) is 2.82. The van der Waals surface area contributed by atoms with Gasteiger partial charge >= 0.3 is 0 Å². The number of aryl methyl sites for hydroxylation is 1. The Hall–Kier alpha value is -1.73. The molecule has 2 heterocycles. The largest absolute Gasteiger partial charge is 0.489 e. The van der Waals surface area contributed by atoms with Crippen LogP contribution < -0.4 is 4.74 Å². The Morgan fingerprint density at radius 1 is 1.37 bits per heavy atom. The molecule has 2 atom stereocenters. The molecular formula is C19H23BrN4O3. The van der Waals surface area contributed by atoms with Gasteiger partial charge in [0.25, 0.3) is 0 Å². The average Bonchev–Trinajstić information content (AvgIpc) is 3.10. The maximum Gasteiger partial charge on any atom is 0.189 e. The maximum atomic E-state index is 8.79. The number of azide groups is 1. The maximum absolute atomic E-state index is 8.79. The zero-order valence-corrected chi connectivity index (χ0v) is 17.1. The van der Waals surface area contributed by atoms with Crippen LogP contribution in [-0.2, 0) is 23.1 Å². The molecule has 1 aromatic carbocycles. The van der Waals surface area contributed by atoms with Gasteiger partial charge < -0.3 is 18.8 Å². The van der Waals surface area contributed by atoms with Crippen molar-refractivity contribution >= 4 is 26.8 Å². The number of hydrogen-bond acceptors (Lipinski definition) is 4. The molecule has 4 rings (SSSR count). The second kappa shape index (κ2) is 7.72. The first-order chi connectivity index (χ1) is 13.1. The van der Waals surface area contributed by atoms with E-state index < -0.39 is 0 Å². The van der Waals surface area contributed by atoms with Crippen LogP contribution in [0.4, 0.5) is 0 Å². The Bertz CT molecular complexity index is 900. The van der Waals surface area contributed by atoms with Crippen molar-refractivity contribution in [3.05, 3.63) is 38.3 Å². The summed E-state index contributed by atoms with van der Waals surface area (Å²) < 4.78 is 20.7. The van der Waals surface area contributed by atoms with Gasteiger partial charge in [-0.15, -0.1) is 0 Å². The van der Waals surface area contributed by atoms with Gasteiger partial charge in [-0.3, -0.25) is 0 Å². The zero-order valence-electron chi connectivity index (χ0n) is 15.5. The van der Waals surface area contributed by atoms with Gasteiger partial charge in [0.05, 0.1) is 17.1 Å². The Morgan fingerprint density at radius 2 is 2.15 bits per heavy atom. The third kappa shape index (κ3) is 3.55. The molecule has 2 fully saturated rings. The molecule has 8 heteroatoms. The summed E-state index contributed by atoms with van der Waals surface area (Å²) in [6.07, 6.45) is 4.55. The van der Waals surface area contributed by atoms with Crippen molar-refractivity contribution in [2.24, 2.45) is 12.2 Å². The fraction of sp³-hybridized carbons (Fsp3) is 0.579. The lowest BCUT2D eigenvalue weighted by Crippen LogP contribution is -2.11. The first-order valence-corrected chi connectivity index (χ1v) is 10.2. The van der Waals surface area contributed by atoms with E-state index in [1.807, 2.05) is 14.0 Å². The number of nitrogens with zero attached hydrogens (tertiary/aromatic N) is 4. The summed E-state index contributed by atoms with van der Waals surface area (Å²) in [5.41, 5.74) is 11.8. The van der Waals surface area contributed by atoms with E-state index in [9.17, 15) is 0 Å². The number of epoxide rings is 1.